The molecule has 4 aliphatic carbocycles. The van der Waals surface area contributed by atoms with Gasteiger partial charge in [-0.05, 0) is 72.9 Å². The number of hydrogen-bond donors (Lipinski definition) is 2. The average molecular weight is 574 g/mol. The van der Waals surface area contributed by atoms with Crippen LogP contribution >= 0.6 is 0 Å². The molecular weight excluding hydrogens is 532 g/mol. The van der Waals surface area contributed by atoms with Crippen molar-refractivity contribution >= 4 is 0 Å². The Balaban J connectivity index is 0.000000187. The Morgan fingerprint density at radius 2 is 0.973 bits per heavy atom. The number of hydrogen-bond acceptors (Lipinski definition) is 2. The van der Waals surface area contributed by atoms with E-state index in [2.05, 4.69) is 36.4 Å². The van der Waals surface area contributed by atoms with Crippen LogP contribution in [0.5, 0.6) is 11.5 Å². The summed E-state index contributed by atoms with van der Waals surface area (Å²) in [4.78, 5) is 0. The van der Waals surface area contributed by atoms with Crippen molar-refractivity contribution in [3.63, 3.8) is 0 Å². The zero-order valence-electron chi connectivity index (χ0n) is 22.1. The molecular formula is C34H42O2Zr. The van der Waals surface area contributed by atoms with Crippen LogP contribution in [0.2, 0.25) is 0 Å². The van der Waals surface area contributed by atoms with Crippen LogP contribution < -0.4 is 0 Å². The summed E-state index contributed by atoms with van der Waals surface area (Å²) in [6.07, 6.45) is 33.3. The van der Waals surface area contributed by atoms with Gasteiger partial charge in [0.15, 0.2) is 0 Å². The van der Waals surface area contributed by atoms with Gasteiger partial charge in [0.2, 0.25) is 0 Å². The van der Waals surface area contributed by atoms with E-state index in [9.17, 15) is 10.2 Å². The minimum Gasteiger partial charge on any atom is -0.508 e. The van der Waals surface area contributed by atoms with Gasteiger partial charge in [-0.25, -0.2) is 24.3 Å². The van der Waals surface area contributed by atoms with Gasteiger partial charge in [0.1, 0.15) is 11.5 Å². The maximum atomic E-state index is 9.34. The molecule has 0 amide bonds. The van der Waals surface area contributed by atoms with Crippen molar-refractivity contribution in [3.8, 4) is 11.5 Å². The van der Waals surface area contributed by atoms with E-state index in [1.54, 1.807) is 12.1 Å². The van der Waals surface area contributed by atoms with Crippen molar-refractivity contribution in [2.75, 3.05) is 0 Å². The van der Waals surface area contributed by atoms with E-state index in [0.29, 0.717) is 23.3 Å². The average Bonchev–Trinajstić information content (AvgIpc) is 3.70. The predicted molar refractivity (Wildman–Crippen MR) is 151 cm³/mol. The number of rotatable bonds is 2. The van der Waals surface area contributed by atoms with E-state index in [-0.39, 0.29) is 26.2 Å². The largest absolute Gasteiger partial charge is 2.00 e. The van der Waals surface area contributed by atoms with Gasteiger partial charge in [-0.15, -0.1) is 12.8 Å². The Morgan fingerprint density at radius 1 is 0.568 bits per heavy atom. The standard InChI is InChI=1S/2C12H16O.2C5H5.Zr/c2*13-12-8-4-7-11(9-12)10-5-2-1-3-6-10;2*1-2-4-5-3-1;/h2*4,7-10,13H,1-3,5-6H2;2*1-3H,4H2;/q;;2*-1;+2. The Hall–Kier alpha value is -2.12. The zero-order chi connectivity index (χ0) is 25.3. The summed E-state index contributed by atoms with van der Waals surface area (Å²) in [6.45, 7) is 0. The molecule has 0 spiro atoms. The maximum Gasteiger partial charge on any atom is 2.00 e. The summed E-state index contributed by atoms with van der Waals surface area (Å²) in [5.74, 6) is 2.20. The van der Waals surface area contributed by atoms with Crippen LogP contribution in [0.3, 0.4) is 0 Å². The molecule has 2 fully saturated rings. The molecule has 2 nitrogen and oxygen atoms in total. The predicted octanol–water partition coefficient (Wildman–Crippen LogP) is 9.49. The second-order valence-corrected chi connectivity index (χ2v) is 9.87. The smallest absolute Gasteiger partial charge is 0.508 e. The van der Waals surface area contributed by atoms with E-state index in [0.717, 1.165) is 12.8 Å². The number of allylic oxidation sites excluding steroid dienone is 8. The van der Waals surface area contributed by atoms with Crippen molar-refractivity contribution in [2.24, 2.45) is 0 Å². The van der Waals surface area contributed by atoms with Gasteiger partial charge in [-0.1, -0.05) is 62.8 Å². The molecule has 3 heteroatoms. The fourth-order valence-corrected chi connectivity index (χ4v) is 5.11. The van der Waals surface area contributed by atoms with Gasteiger partial charge >= 0.3 is 26.2 Å². The topological polar surface area (TPSA) is 40.5 Å². The molecule has 0 atom stereocenters. The molecule has 0 unspecified atom stereocenters. The van der Waals surface area contributed by atoms with E-state index in [1.807, 2.05) is 48.6 Å². The Kier molecular flexibility index (Phi) is 16.0. The molecule has 0 aliphatic heterocycles. The third-order valence-electron chi connectivity index (χ3n) is 7.07. The van der Waals surface area contributed by atoms with Gasteiger partial charge in [0.05, 0.1) is 0 Å². The summed E-state index contributed by atoms with van der Waals surface area (Å²) >= 11 is 0. The van der Waals surface area contributed by atoms with Crippen molar-refractivity contribution in [1.29, 1.82) is 0 Å². The van der Waals surface area contributed by atoms with Crippen LogP contribution in [-0.4, -0.2) is 10.2 Å². The molecule has 0 bridgehead atoms. The molecule has 0 heterocycles. The Labute approximate surface area is 244 Å². The van der Waals surface area contributed by atoms with Crippen molar-refractivity contribution in [2.45, 2.75) is 88.9 Å². The molecule has 4 aliphatic rings. The molecule has 194 valence electrons. The van der Waals surface area contributed by atoms with Gasteiger partial charge in [-0.3, -0.25) is 12.2 Å². The van der Waals surface area contributed by atoms with Crippen LogP contribution in [-0.2, 0) is 26.2 Å². The second-order valence-electron chi connectivity index (χ2n) is 9.87. The van der Waals surface area contributed by atoms with Gasteiger partial charge in [-0.2, -0.15) is 12.2 Å². The minimum absolute atomic E-state index is 0. The molecule has 2 aromatic carbocycles. The van der Waals surface area contributed by atoms with Crippen molar-refractivity contribution in [3.05, 3.63) is 108 Å². The molecule has 6 rings (SSSR count). The first kappa shape index (κ1) is 31.1. The minimum atomic E-state index is 0. The Morgan fingerprint density at radius 3 is 1.24 bits per heavy atom. The summed E-state index contributed by atoms with van der Waals surface area (Å²) in [6, 6.07) is 15.5. The van der Waals surface area contributed by atoms with Crippen LogP contribution in [0.1, 0.15) is 100 Å². The first-order chi connectivity index (χ1) is 17.7. The fourth-order valence-electron chi connectivity index (χ4n) is 5.11. The molecule has 0 radical (unpaired) electrons. The van der Waals surface area contributed by atoms with E-state index in [1.165, 1.54) is 75.3 Å². The summed E-state index contributed by atoms with van der Waals surface area (Å²) in [5.41, 5.74) is 2.64. The zero-order valence-corrected chi connectivity index (χ0v) is 24.6. The Bertz CT molecular complexity index is 891. The summed E-state index contributed by atoms with van der Waals surface area (Å²) in [5, 5.41) is 18.7. The third-order valence-corrected chi connectivity index (χ3v) is 7.07. The van der Waals surface area contributed by atoms with Gasteiger partial charge in [0, 0.05) is 0 Å². The third kappa shape index (κ3) is 12.8. The molecule has 2 aromatic rings. The van der Waals surface area contributed by atoms with Crippen LogP contribution in [0.15, 0.2) is 85.0 Å². The SMILES string of the molecule is Oc1cccc(C2CCCCC2)c1.Oc1cccc(C2CCCCC2)c1.[C-]1=CC=CC1.[C-]1=CC=CC1.[Zr+2]. The molecule has 2 saturated carbocycles. The van der Waals surface area contributed by atoms with Crippen LogP contribution in [0, 0.1) is 12.2 Å². The number of benzene rings is 2. The molecule has 2 N–H and O–H groups in total. The monoisotopic (exact) mass is 572 g/mol. The fraction of sp³-hybridized carbons (Fsp3) is 0.412. The number of phenolic OH excluding ortho intramolecular Hbond substituents is 2. The van der Waals surface area contributed by atoms with Gasteiger partial charge < -0.3 is 10.2 Å². The number of phenols is 2. The van der Waals surface area contributed by atoms with Crippen LogP contribution in [0.4, 0.5) is 0 Å². The normalized spacial score (nSPS) is 17.9. The first-order valence-corrected chi connectivity index (χ1v) is 13.7. The van der Waals surface area contributed by atoms with Crippen molar-refractivity contribution in [1.82, 2.24) is 0 Å². The van der Waals surface area contributed by atoms with Crippen molar-refractivity contribution < 1.29 is 36.4 Å². The molecule has 0 aromatic heterocycles. The maximum absolute atomic E-state index is 9.34. The molecule has 37 heavy (non-hydrogen) atoms. The first-order valence-electron chi connectivity index (χ1n) is 13.7. The van der Waals surface area contributed by atoms with E-state index < -0.39 is 0 Å². The summed E-state index contributed by atoms with van der Waals surface area (Å²) in [7, 11) is 0. The second kappa shape index (κ2) is 19.0. The summed E-state index contributed by atoms with van der Waals surface area (Å²) < 4.78 is 0. The van der Waals surface area contributed by atoms with E-state index in [4.69, 9.17) is 0 Å². The number of aromatic hydroxyl groups is 2. The molecule has 0 saturated heterocycles. The van der Waals surface area contributed by atoms with Crippen LogP contribution in [0.25, 0.3) is 0 Å². The quantitative estimate of drug-likeness (QED) is 0.351. The van der Waals surface area contributed by atoms with E-state index >= 15 is 0 Å². The van der Waals surface area contributed by atoms with Gasteiger partial charge in [0.25, 0.3) is 0 Å².